The summed E-state index contributed by atoms with van der Waals surface area (Å²) in [6.45, 7) is 8.27. The van der Waals surface area contributed by atoms with Gasteiger partial charge in [0.25, 0.3) is 0 Å². The molecular weight excluding hydrogens is 244 g/mol. The van der Waals surface area contributed by atoms with Crippen LogP contribution in [0.4, 0.5) is 0 Å². The normalized spacial score (nSPS) is 14.6. The molecule has 2 atom stereocenters. The molecule has 0 heterocycles. The minimum atomic E-state index is -1.14. The van der Waals surface area contributed by atoms with E-state index in [9.17, 15) is 9.59 Å². The van der Waals surface area contributed by atoms with Gasteiger partial charge in [-0.1, -0.05) is 40.5 Å². The number of carbonyl (C=O) groups is 2. The first-order valence-electron chi connectivity index (χ1n) is 7.03. The number of carboxylic acid groups (broad SMARTS) is 1. The minimum absolute atomic E-state index is 0.150. The molecule has 1 N–H and O–H groups in total. The predicted molar refractivity (Wildman–Crippen MR) is 74.8 cm³/mol. The Morgan fingerprint density at radius 2 is 1.84 bits per heavy atom. The van der Waals surface area contributed by atoms with Crippen LogP contribution in [0.5, 0.6) is 0 Å². The zero-order chi connectivity index (χ0) is 14.8. The zero-order valence-electron chi connectivity index (χ0n) is 12.4. The summed E-state index contributed by atoms with van der Waals surface area (Å²) in [5.41, 5.74) is 0. The molecule has 0 aliphatic rings. The average Bonchev–Trinajstić information content (AvgIpc) is 2.35. The monoisotopic (exact) mass is 270 g/mol. The highest BCUT2D eigenvalue weighted by Gasteiger charge is 2.25. The maximum atomic E-state index is 11.6. The Kier molecular flexibility index (Phi) is 8.92. The van der Waals surface area contributed by atoms with Crippen molar-refractivity contribution in [3.8, 4) is 0 Å². The molecule has 110 valence electrons. The number of hydrogen-bond acceptors (Lipinski definition) is 3. The van der Waals surface area contributed by atoms with Crippen molar-refractivity contribution in [3.63, 3.8) is 0 Å². The van der Waals surface area contributed by atoms with Gasteiger partial charge in [0, 0.05) is 12.2 Å². The van der Waals surface area contributed by atoms with Crippen LogP contribution in [-0.2, 0) is 14.3 Å². The fourth-order valence-electron chi connectivity index (χ4n) is 2.16. The Bertz CT molecular complexity index is 307. The molecule has 0 bridgehead atoms. The Labute approximate surface area is 115 Å². The van der Waals surface area contributed by atoms with Crippen LogP contribution in [0, 0.1) is 11.8 Å². The van der Waals surface area contributed by atoms with Crippen molar-refractivity contribution in [1.29, 1.82) is 0 Å². The quantitative estimate of drug-likeness (QED) is 0.515. The van der Waals surface area contributed by atoms with Crippen molar-refractivity contribution in [2.75, 3.05) is 0 Å². The standard InChI is InChI=1S/C15H26O4/c1-5-7-8-12(6-2)15(11(3)4)19-14(18)10-9-13(16)17/h9-12,15H,5-8H2,1-4H3,(H,16,17)/b10-9+. The van der Waals surface area contributed by atoms with E-state index in [-0.39, 0.29) is 12.0 Å². The molecule has 0 saturated carbocycles. The number of esters is 1. The molecule has 0 aromatic rings. The van der Waals surface area contributed by atoms with Crippen LogP contribution in [0.3, 0.4) is 0 Å². The van der Waals surface area contributed by atoms with E-state index in [4.69, 9.17) is 9.84 Å². The largest absolute Gasteiger partial charge is 0.478 e. The van der Waals surface area contributed by atoms with Gasteiger partial charge in [-0.2, -0.15) is 0 Å². The summed E-state index contributed by atoms with van der Waals surface area (Å²) in [6, 6.07) is 0. The van der Waals surface area contributed by atoms with Crippen molar-refractivity contribution < 1.29 is 19.4 Å². The summed E-state index contributed by atoms with van der Waals surface area (Å²) in [7, 11) is 0. The third-order valence-corrected chi connectivity index (χ3v) is 3.19. The number of unbranched alkanes of at least 4 members (excludes halogenated alkanes) is 1. The van der Waals surface area contributed by atoms with E-state index in [1.807, 2.05) is 13.8 Å². The molecule has 4 heteroatoms. The van der Waals surface area contributed by atoms with Crippen molar-refractivity contribution >= 4 is 11.9 Å². The fraction of sp³-hybridized carbons (Fsp3) is 0.733. The number of hydrogen-bond donors (Lipinski definition) is 1. The molecule has 0 radical (unpaired) electrons. The van der Waals surface area contributed by atoms with Gasteiger partial charge in [0.15, 0.2) is 0 Å². The zero-order valence-corrected chi connectivity index (χ0v) is 12.4. The molecule has 0 aromatic heterocycles. The number of rotatable bonds is 9. The lowest BCUT2D eigenvalue weighted by Gasteiger charge is -2.29. The second-order valence-electron chi connectivity index (χ2n) is 5.13. The highest BCUT2D eigenvalue weighted by atomic mass is 16.5. The van der Waals surface area contributed by atoms with E-state index in [0.29, 0.717) is 5.92 Å². The van der Waals surface area contributed by atoms with Gasteiger partial charge in [0.1, 0.15) is 6.10 Å². The molecule has 2 unspecified atom stereocenters. The van der Waals surface area contributed by atoms with Crippen LogP contribution >= 0.6 is 0 Å². The molecule has 4 nitrogen and oxygen atoms in total. The third-order valence-electron chi connectivity index (χ3n) is 3.19. The van der Waals surface area contributed by atoms with Crippen molar-refractivity contribution in [2.24, 2.45) is 11.8 Å². The van der Waals surface area contributed by atoms with Crippen LogP contribution in [0.2, 0.25) is 0 Å². The molecule has 0 rings (SSSR count). The van der Waals surface area contributed by atoms with E-state index >= 15 is 0 Å². The van der Waals surface area contributed by atoms with Gasteiger partial charge >= 0.3 is 11.9 Å². The summed E-state index contributed by atoms with van der Waals surface area (Å²) in [5.74, 6) is -1.15. The summed E-state index contributed by atoms with van der Waals surface area (Å²) >= 11 is 0. The van der Waals surface area contributed by atoms with Crippen LogP contribution in [0.25, 0.3) is 0 Å². The van der Waals surface area contributed by atoms with Gasteiger partial charge < -0.3 is 9.84 Å². The molecule has 0 spiro atoms. The molecular formula is C15H26O4. The lowest BCUT2D eigenvalue weighted by molar-refractivity contribution is -0.149. The van der Waals surface area contributed by atoms with Crippen molar-refractivity contribution in [2.45, 2.75) is 59.5 Å². The second-order valence-corrected chi connectivity index (χ2v) is 5.13. The van der Waals surface area contributed by atoms with Gasteiger partial charge in [-0.05, 0) is 24.7 Å². The van der Waals surface area contributed by atoms with Crippen molar-refractivity contribution in [3.05, 3.63) is 12.2 Å². The Morgan fingerprint density at radius 1 is 1.21 bits per heavy atom. The number of carboxylic acids is 1. The molecule has 0 aromatic carbocycles. The first kappa shape index (κ1) is 17.7. The second kappa shape index (κ2) is 9.59. The van der Waals surface area contributed by atoms with E-state index in [1.165, 1.54) is 0 Å². The molecule has 0 amide bonds. The van der Waals surface area contributed by atoms with Crippen LogP contribution in [0.15, 0.2) is 12.2 Å². The van der Waals surface area contributed by atoms with E-state index < -0.39 is 11.9 Å². The third kappa shape index (κ3) is 7.65. The fourth-order valence-corrected chi connectivity index (χ4v) is 2.16. The van der Waals surface area contributed by atoms with Crippen LogP contribution in [-0.4, -0.2) is 23.1 Å². The highest BCUT2D eigenvalue weighted by molar-refractivity contribution is 5.90. The molecule has 0 fully saturated rings. The Morgan fingerprint density at radius 3 is 2.26 bits per heavy atom. The smallest absolute Gasteiger partial charge is 0.331 e. The SMILES string of the molecule is CCCCC(CC)C(OC(=O)/C=C/C(=O)O)C(C)C. The summed E-state index contributed by atoms with van der Waals surface area (Å²) in [6.07, 6.45) is 5.86. The number of aliphatic carboxylic acids is 1. The van der Waals surface area contributed by atoms with Gasteiger partial charge in [-0.3, -0.25) is 0 Å². The molecule has 0 aliphatic heterocycles. The van der Waals surface area contributed by atoms with Gasteiger partial charge in [-0.15, -0.1) is 0 Å². The topological polar surface area (TPSA) is 63.6 Å². The first-order chi connectivity index (χ1) is 8.92. The molecule has 0 aliphatic carbocycles. The Balaban J connectivity index is 4.62. The average molecular weight is 270 g/mol. The summed E-state index contributed by atoms with van der Waals surface area (Å²) in [5, 5.41) is 8.48. The maximum absolute atomic E-state index is 11.6. The van der Waals surface area contributed by atoms with Crippen LogP contribution < -0.4 is 0 Å². The lowest BCUT2D eigenvalue weighted by Crippen LogP contribution is -2.31. The summed E-state index contributed by atoms with van der Waals surface area (Å²) < 4.78 is 5.42. The molecule has 19 heavy (non-hydrogen) atoms. The Hall–Kier alpha value is -1.32. The van der Waals surface area contributed by atoms with Gasteiger partial charge in [0.05, 0.1) is 0 Å². The van der Waals surface area contributed by atoms with Gasteiger partial charge in [0.2, 0.25) is 0 Å². The van der Waals surface area contributed by atoms with Gasteiger partial charge in [-0.25, -0.2) is 9.59 Å². The first-order valence-corrected chi connectivity index (χ1v) is 7.03. The highest BCUT2D eigenvalue weighted by Crippen LogP contribution is 2.25. The number of carbonyl (C=O) groups excluding carboxylic acids is 1. The lowest BCUT2D eigenvalue weighted by atomic mass is 9.87. The maximum Gasteiger partial charge on any atom is 0.331 e. The summed E-state index contributed by atoms with van der Waals surface area (Å²) in [4.78, 5) is 21.9. The van der Waals surface area contributed by atoms with Crippen LogP contribution in [0.1, 0.15) is 53.4 Å². The van der Waals surface area contributed by atoms with Crippen molar-refractivity contribution in [1.82, 2.24) is 0 Å². The van der Waals surface area contributed by atoms with E-state index in [2.05, 4.69) is 13.8 Å². The van der Waals surface area contributed by atoms with E-state index in [1.54, 1.807) is 0 Å². The molecule has 0 saturated heterocycles. The van der Waals surface area contributed by atoms with E-state index in [0.717, 1.165) is 37.8 Å². The predicted octanol–water partition coefficient (Wildman–Crippen LogP) is 3.41. The minimum Gasteiger partial charge on any atom is -0.478 e. The number of ether oxygens (including phenoxy) is 1.